The van der Waals surface area contributed by atoms with Crippen LogP contribution in [0.3, 0.4) is 0 Å². The molecule has 0 aromatic heterocycles. The predicted molar refractivity (Wildman–Crippen MR) is 66.5 cm³/mol. The molecule has 0 bridgehead atoms. The van der Waals surface area contributed by atoms with Gasteiger partial charge in [0.15, 0.2) is 5.78 Å². The minimum Gasteiger partial charge on any atom is -0.481 e. The molecule has 0 saturated carbocycles. The number of benzene rings is 1. The third-order valence-electron chi connectivity index (χ3n) is 2.60. The van der Waals surface area contributed by atoms with Crippen molar-refractivity contribution in [3.8, 4) is 0 Å². The summed E-state index contributed by atoms with van der Waals surface area (Å²) >= 11 is 0. The van der Waals surface area contributed by atoms with E-state index in [4.69, 9.17) is 5.11 Å². The number of carboxylic acids is 1. The zero-order chi connectivity index (χ0) is 13.0. The molecule has 1 aromatic carbocycles. The van der Waals surface area contributed by atoms with Gasteiger partial charge in [0.25, 0.3) is 0 Å². The monoisotopic (exact) mass is 235 g/mol. The first kappa shape index (κ1) is 13.2. The molecule has 92 valence electrons. The van der Waals surface area contributed by atoms with Crippen LogP contribution in [-0.2, 0) is 4.79 Å². The Balaban J connectivity index is 2.79. The highest BCUT2D eigenvalue weighted by Crippen LogP contribution is 2.16. The SMILES string of the molecule is CC(CC(=O)O)C(=O)c1ccc(N(C)C)cc1. The van der Waals surface area contributed by atoms with Crippen LogP contribution in [0.4, 0.5) is 5.69 Å². The molecule has 4 heteroatoms. The number of carboxylic acid groups (broad SMARTS) is 1. The Hall–Kier alpha value is -1.84. The number of nitrogens with zero attached hydrogens (tertiary/aromatic N) is 1. The maximum Gasteiger partial charge on any atom is 0.304 e. The van der Waals surface area contributed by atoms with E-state index in [0.29, 0.717) is 5.56 Å². The van der Waals surface area contributed by atoms with Crippen LogP contribution in [0.1, 0.15) is 23.7 Å². The van der Waals surface area contributed by atoms with Gasteiger partial charge in [-0.05, 0) is 24.3 Å². The second-order valence-corrected chi connectivity index (χ2v) is 4.30. The van der Waals surface area contributed by atoms with Crippen molar-refractivity contribution in [2.75, 3.05) is 19.0 Å². The number of hydrogen-bond donors (Lipinski definition) is 1. The molecule has 0 aliphatic rings. The van der Waals surface area contributed by atoms with Crippen molar-refractivity contribution in [3.63, 3.8) is 0 Å². The maximum absolute atomic E-state index is 11.9. The van der Waals surface area contributed by atoms with Crippen LogP contribution in [0, 0.1) is 5.92 Å². The second-order valence-electron chi connectivity index (χ2n) is 4.30. The number of carbonyl (C=O) groups is 2. The fraction of sp³-hybridized carbons (Fsp3) is 0.385. The molecule has 1 atom stereocenters. The number of carbonyl (C=O) groups excluding carboxylic acids is 1. The van der Waals surface area contributed by atoms with Gasteiger partial charge in [0.1, 0.15) is 0 Å². The highest BCUT2D eigenvalue weighted by atomic mass is 16.4. The van der Waals surface area contributed by atoms with Crippen LogP contribution in [0.25, 0.3) is 0 Å². The molecule has 0 aliphatic carbocycles. The smallest absolute Gasteiger partial charge is 0.304 e. The van der Waals surface area contributed by atoms with Crippen LogP contribution in [0.2, 0.25) is 0 Å². The summed E-state index contributed by atoms with van der Waals surface area (Å²) in [5, 5.41) is 8.64. The van der Waals surface area contributed by atoms with Crippen molar-refractivity contribution in [2.45, 2.75) is 13.3 Å². The molecule has 1 rings (SSSR count). The summed E-state index contributed by atoms with van der Waals surface area (Å²) in [6.45, 7) is 1.64. The first-order chi connectivity index (χ1) is 7.91. The normalized spacial score (nSPS) is 11.9. The van der Waals surface area contributed by atoms with E-state index in [9.17, 15) is 9.59 Å². The van der Waals surface area contributed by atoms with Gasteiger partial charge in [-0.1, -0.05) is 6.92 Å². The maximum atomic E-state index is 11.9. The molecule has 0 heterocycles. The van der Waals surface area contributed by atoms with Gasteiger partial charge in [0.05, 0.1) is 6.42 Å². The number of rotatable bonds is 5. The van der Waals surface area contributed by atoms with E-state index in [1.807, 2.05) is 31.1 Å². The first-order valence-corrected chi connectivity index (χ1v) is 5.45. The highest BCUT2D eigenvalue weighted by molar-refractivity contribution is 5.99. The number of hydrogen-bond acceptors (Lipinski definition) is 3. The molecule has 1 aromatic rings. The topological polar surface area (TPSA) is 57.6 Å². The molecule has 0 radical (unpaired) electrons. The van der Waals surface area contributed by atoms with Gasteiger partial charge in [-0.3, -0.25) is 9.59 Å². The lowest BCUT2D eigenvalue weighted by Gasteiger charge is -2.13. The molecule has 0 spiro atoms. The van der Waals surface area contributed by atoms with E-state index in [1.54, 1.807) is 19.1 Å². The number of anilines is 1. The van der Waals surface area contributed by atoms with Crippen molar-refractivity contribution < 1.29 is 14.7 Å². The average molecular weight is 235 g/mol. The third kappa shape index (κ3) is 3.59. The Labute approximate surface area is 101 Å². The number of Topliss-reactive ketones (excluding diaryl/α,β-unsaturated/α-hetero) is 1. The number of ketones is 1. The molecule has 0 amide bonds. The van der Waals surface area contributed by atoms with E-state index < -0.39 is 11.9 Å². The third-order valence-corrected chi connectivity index (χ3v) is 2.60. The summed E-state index contributed by atoms with van der Waals surface area (Å²) in [4.78, 5) is 24.4. The van der Waals surface area contributed by atoms with Gasteiger partial charge in [0, 0.05) is 31.3 Å². The van der Waals surface area contributed by atoms with Crippen molar-refractivity contribution >= 4 is 17.4 Å². The molecule has 1 unspecified atom stereocenters. The highest BCUT2D eigenvalue weighted by Gasteiger charge is 2.18. The molecule has 0 aliphatic heterocycles. The Morgan fingerprint density at radius 2 is 1.76 bits per heavy atom. The lowest BCUT2D eigenvalue weighted by atomic mass is 9.96. The van der Waals surface area contributed by atoms with E-state index in [-0.39, 0.29) is 12.2 Å². The Morgan fingerprint density at radius 3 is 2.18 bits per heavy atom. The minimum absolute atomic E-state index is 0.127. The van der Waals surface area contributed by atoms with E-state index in [2.05, 4.69) is 0 Å². The lowest BCUT2D eigenvalue weighted by molar-refractivity contribution is -0.137. The molecule has 4 nitrogen and oxygen atoms in total. The molecule has 1 N–H and O–H groups in total. The molecular formula is C13H17NO3. The van der Waals surface area contributed by atoms with Crippen molar-refractivity contribution in [2.24, 2.45) is 5.92 Å². The van der Waals surface area contributed by atoms with Gasteiger partial charge in [0.2, 0.25) is 0 Å². The molecule has 17 heavy (non-hydrogen) atoms. The Morgan fingerprint density at radius 1 is 1.24 bits per heavy atom. The fourth-order valence-electron chi connectivity index (χ4n) is 1.56. The summed E-state index contributed by atoms with van der Waals surface area (Å²) in [5.74, 6) is -1.56. The van der Waals surface area contributed by atoms with E-state index in [1.165, 1.54) is 0 Å². The second kappa shape index (κ2) is 5.48. The van der Waals surface area contributed by atoms with Crippen molar-refractivity contribution in [1.29, 1.82) is 0 Å². The summed E-state index contributed by atoms with van der Waals surface area (Å²) in [7, 11) is 3.84. The van der Waals surface area contributed by atoms with E-state index >= 15 is 0 Å². The van der Waals surface area contributed by atoms with Crippen molar-refractivity contribution in [3.05, 3.63) is 29.8 Å². The fourth-order valence-corrected chi connectivity index (χ4v) is 1.56. The molecule has 0 fully saturated rings. The zero-order valence-corrected chi connectivity index (χ0v) is 10.3. The van der Waals surface area contributed by atoms with Crippen LogP contribution in [0.15, 0.2) is 24.3 Å². The van der Waals surface area contributed by atoms with Gasteiger partial charge >= 0.3 is 5.97 Å². The van der Waals surface area contributed by atoms with Crippen LogP contribution in [0.5, 0.6) is 0 Å². The van der Waals surface area contributed by atoms with Gasteiger partial charge in [-0.25, -0.2) is 0 Å². The zero-order valence-electron chi connectivity index (χ0n) is 10.3. The van der Waals surface area contributed by atoms with E-state index in [0.717, 1.165) is 5.69 Å². The molecule has 0 saturated heterocycles. The van der Waals surface area contributed by atoms with Crippen LogP contribution in [-0.4, -0.2) is 31.0 Å². The summed E-state index contributed by atoms with van der Waals surface area (Å²) in [6.07, 6.45) is -0.131. The predicted octanol–water partition coefficient (Wildman–Crippen LogP) is 2.05. The summed E-state index contributed by atoms with van der Waals surface area (Å²) in [6, 6.07) is 7.16. The largest absolute Gasteiger partial charge is 0.481 e. The minimum atomic E-state index is -0.948. The summed E-state index contributed by atoms with van der Waals surface area (Å²) in [5.41, 5.74) is 1.57. The van der Waals surface area contributed by atoms with Crippen molar-refractivity contribution in [1.82, 2.24) is 0 Å². The standard InChI is InChI=1S/C13H17NO3/c1-9(8-12(15)16)13(17)10-4-6-11(7-5-10)14(2)3/h4-7,9H,8H2,1-3H3,(H,15,16). The Bertz CT molecular complexity index is 409. The van der Waals surface area contributed by atoms with Gasteiger partial charge in [-0.15, -0.1) is 0 Å². The summed E-state index contributed by atoms with van der Waals surface area (Å²) < 4.78 is 0. The quantitative estimate of drug-likeness (QED) is 0.793. The van der Waals surface area contributed by atoms with Gasteiger partial charge in [-0.2, -0.15) is 0 Å². The molecular weight excluding hydrogens is 218 g/mol. The first-order valence-electron chi connectivity index (χ1n) is 5.45. The Kier molecular flexibility index (Phi) is 4.26. The lowest BCUT2D eigenvalue weighted by Crippen LogP contribution is -2.15. The van der Waals surface area contributed by atoms with Crippen LogP contribution < -0.4 is 4.90 Å². The van der Waals surface area contributed by atoms with Gasteiger partial charge < -0.3 is 10.0 Å². The number of aliphatic carboxylic acids is 1. The van der Waals surface area contributed by atoms with Crippen LogP contribution >= 0.6 is 0 Å². The average Bonchev–Trinajstić information content (AvgIpc) is 2.27.